The largest absolute Gasteiger partial charge is 0.463 e. The molecule has 0 aromatic rings. The van der Waals surface area contributed by atoms with E-state index in [-0.39, 0.29) is 24.6 Å². The zero-order chi connectivity index (χ0) is 14.5. The van der Waals surface area contributed by atoms with Gasteiger partial charge in [0.25, 0.3) is 0 Å². The van der Waals surface area contributed by atoms with Gasteiger partial charge in [-0.2, -0.15) is 0 Å². The molecule has 0 bridgehead atoms. The number of ether oxygens (including phenoxy) is 1. The maximum atomic E-state index is 11.9. The predicted octanol–water partition coefficient (Wildman–Crippen LogP) is -0.460. The number of nitrogens with zero attached hydrogens (tertiary/aromatic N) is 1. The Morgan fingerprint density at radius 2 is 2.35 bits per heavy atom. The molecule has 0 radical (unpaired) electrons. The lowest BCUT2D eigenvalue weighted by atomic mass is 10.1. The van der Waals surface area contributed by atoms with E-state index >= 15 is 0 Å². The van der Waals surface area contributed by atoms with Crippen molar-refractivity contribution in [3.8, 4) is 0 Å². The van der Waals surface area contributed by atoms with Gasteiger partial charge in [0.1, 0.15) is 0 Å². The lowest BCUT2D eigenvalue weighted by Gasteiger charge is -2.32. The molecule has 2 aliphatic heterocycles. The van der Waals surface area contributed by atoms with E-state index in [9.17, 15) is 9.59 Å². The molecule has 1 unspecified atom stereocenters. The third-order valence-corrected chi connectivity index (χ3v) is 3.50. The van der Waals surface area contributed by atoms with Crippen LogP contribution in [0, 0.1) is 0 Å². The minimum Gasteiger partial charge on any atom is -0.463 e. The number of esters is 1. The maximum absolute atomic E-state index is 11.9. The fourth-order valence-corrected chi connectivity index (χ4v) is 2.54. The van der Waals surface area contributed by atoms with E-state index in [1.54, 1.807) is 6.92 Å². The molecule has 112 valence electrons. The van der Waals surface area contributed by atoms with Crippen molar-refractivity contribution in [1.29, 1.82) is 0 Å². The summed E-state index contributed by atoms with van der Waals surface area (Å²) < 4.78 is 5.03. The average molecular weight is 282 g/mol. The van der Waals surface area contributed by atoms with Crippen molar-refractivity contribution in [1.82, 2.24) is 15.5 Å². The third kappa shape index (κ3) is 3.71. The highest BCUT2D eigenvalue weighted by Crippen LogP contribution is 2.14. The molecule has 0 aromatic heterocycles. The summed E-state index contributed by atoms with van der Waals surface area (Å²) in [5, 5.41) is 5.31. The minimum atomic E-state index is -0.378. The van der Waals surface area contributed by atoms with Crippen LogP contribution in [0.4, 0.5) is 4.79 Å². The molecule has 20 heavy (non-hydrogen) atoms. The Balaban J connectivity index is 2.09. The van der Waals surface area contributed by atoms with Crippen molar-refractivity contribution >= 4 is 12.0 Å². The lowest BCUT2D eigenvalue weighted by molar-refractivity contribution is -0.138. The molecular weight excluding hydrogens is 260 g/mol. The first-order valence-electron chi connectivity index (χ1n) is 7.02. The fraction of sp³-hybridized carbons (Fsp3) is 0.692. The second kappa shape index (κ2) is 6.71. The van der Waals surface area contributed by atoms with E-state index in [1.807, 2.05) is 0 Å². The van der Waals surface area contributed by atoms with Crippen LogP contribution in [-0.2, 0) is 9.53 Å². The molecule has 0 saturated carbocycles. The summed E-state index contributed by atoms with van der Waals surface area (Å²) in [6, 6.07) is -0.123. The number of hydrogen-bond acceptors (Lipinski definition) is 5. The van der Waals surface area contributed by atoms with E-state index in [0.29, 0.717) is 24.4 Å². The lowest BCUT2D eigenvalue weighted by Crippen LogP contribution is -2.49. The molecule has 7 heteroatoms. The van der Waals surface area contributed by atoms with Gasteiger partial charge >= 0.3 is 12.0 Å². The van der Waals surface area contributed by atoms with Gasteiger partial charge in [-0.25, -0.2) is 9.59 Å². The zero-order valence-corrected chi connectivity index (χ0v) is 11.8. The molecule has 0 spiro atoms. The quantitative estimate of drug-likeness (QED) is 0.606. The van der Waals surface area contributed by atoms with Crippen LogP contribution in [0.15, 0.2) is 11.3 Å². The molecule has 2 rings (SSSR count). The minimum absolute atomic E-state index is 0.160. The first-order chi connectivity index (χ1) is 9.60. The van der Waals surface area contributed by atoms with Crippen molar-refractivity contribution < 1.29 is 14.3 Å². The first-order valence-corrected chi connectivity index (χ1v) is 7.02. The van der Waals surface area contributed by atoms with E-state index in [4.69, 9.17) is 10.5 Å². The molecule has 7 nitrogen and oxygen atoms in total. The molecular formula is C13H22N4O3. The maximum Gasteiger partial charge on any atom is 0.337 e. The second-order valence-corrected chi connectivity index (χ2v) is 5.12. The zero-order valence-electron chi connectivity index (χ0n) is 11.8. The van der Waals surface area contributed by atoms with Crippen LogP contribution in [0.2, 0.25) is 0 Å². The van der Waals surface area contributed by atoms with Crippen molar-refractivity contribution in [2.24, 2.45) is 5.73 Å². The second-order valence-electron chi connectivity index (χ2n) is 5.12. The van der Waals surface area contributed by atoms with Crippen LogP contribution >= 0.6 is 0 Å². The van der Waals surface area contributed by atoms with E-state index in [0.717, 1.165) is 25.9 Å². The van der Waals surface area contributed by atoms with Gasteiger partial charge in [0, 0.05) is 24.8 Å². The third-order valence-electron chi connectivity index (χ3n) is 3.50. The SMILES string of the molecule is CCOC(=O)C1=C(CN2CCCC(N)C2)NC(=O)NC1. The van der Waals surface area contributed by atoms with Crippen LogP contribution < -0.4 is 16.4 Å². The van der Waals surface area contributed by atoms with Gasteiger partial charge in [-0.3, -0.25) is 4.90 Å². The summed E-state index contributed by atoms with van der Waals surface area (Å²) in [6.45, 7) is 4.52. The van der Waals surface area contributed by atoms with E-state index in [1.165, 1.54) is 0 Å². The topological polar surface area (TPSA) is 96.7 Å². The van der Waals surface area contributed by atoms with Crippen LogP contribution in [0.3, 0.4) is 0 Å². The molecule has 1 fully saturated rings. The smallest absolute Gasteiger partial charge is 0.337 e. The van der Waals surface area contributed by atoms with Crippen LogP contribution in [0.5, 0.6) is 0 Å². The Morgan fingerprint density at radius 3 is 3.05 bits per heavy atom. The van der Waals surface area contributed by atoms with Crippen molar-refractivity contribution in [3.63, 3.8) is 0 Å². The number of piperidine rings is 1. The standard InChI is InChI=1S/C13H22N4O3/c1-2-20-12(18)10-6-15-13(19)16-11(10)8-17-5-3-4-9(14)7-17/h9H,2-8,14H2,1H3,(H2,15,16,19). The Hall–Kier alpha value is -1.60. The summed E-state index contributed by atoms with van der Waals surface area (Å²) in [7, 11) is 0. The van der Waals surface area contributed by atoms with Crippen molar-refractivity contribution in [3.05, 3.63) is 11.3 Å². The number of amides is 2. The number of nitrogens with two attached hydrogens (primary N) is 1. The molecule has 0 aliphatic carbocycles. The summed E-state index contributed by atoms with van der Waals surface area (Å²) in [6.07, 6.45) is 2.06. The number of rotatable bonds is 4. The highest BCUT2D eigenvalue weighted by molar-refractivity contribution is 5.93. The van der Waals surface area contributed by atoms with E-state index in [2.05, 4.69) is 15.5 Å². The number of carbonyl (C=O) groups excluding carboxylic acids is 2. The van der Waals surface area contributed by atoms with Crippen molar-refractivity contribution in [2.75, 3.05) is 32.8 Å². The Morgan fingerprint density at radius 1 is 1.55 bits per heavy atom. The predicted molar refractivity (Wildman–Crippen MR) is 73.8 cm³/mol. The molecule has 2 aliphatic rings. The fourth-order valence-electron chi connectivity index (χ4n) is 2.54. The van der Waals surface area contributed by atoms with Crippen molar-refractivity contribution in [2.45, 2.75) is 25.8 Å². The Bertz CT molecular complexity index is 422. The van der Waals surface area contributed by atoms with Gasteiger partial charge in [-0.15, -0.1) is 0 Å². The Labute approximate surface area is 118 Å². The van der Waals surface area contributed by atoms with Crippen LogP contribution in [0.25, 0.3) is 0 Å². The first kappa shape index (κ1) is 14.8. The van der Waals surface area contributed by atoms with Crippen LogP contribution in [-0.4, -0.2) is 55.7 Å². The van der Waals surface area contributed by atoms with Gasteiger partial charge in [-0.05, 0) is 26.3 Å². The summed E-state index contributed by atoms with van der Waals surface area (Å²) in [4.78, 5) is 25.5. The van der Waals surface area contributed by atoms with Gasteiger partial charge in [0.15, 0.2) is 0 Å². The summed E-state index contributed by atoms with van der Waals surface area (Å²) >= 11 is 0. The monoisotopic (exact) mass is 282 g/mol. The molecule has 1 atom stereocenters. The van der Waals surface area contributed by atoms with Gasteiger partial charge in [-0.1, -0.05) is 0 Å². The Kier molecular flexibility index (Phi) is 4.97. The van der Waals surface area contributed by atoms with Gasteiger partial charge in [0.05, 0.1) is 18.7 Å². The average Bonchev–Trinajstić information content (AvgIpc) is 2.39. The van der Waals surface area contributed by atoms with E-state index < -0.39 is 0 Å². The van der Waals surface area contributed by atoms with Gasteiger partial charge < -0.3 is 21.1 Å². The molecule has 1 saturated heterocycles. The molecule has 0 aromatic carbocycles. The summed E-state index contributed by atoms with van der Waals surface area (Å²) in [5.74, 6) is -0.378. The van der Waals surface area contributed by atoms with Crippen LogP contribution in [0.1, 0.15) is 19.8 Å². The number of likely N-dealkylation sites (tertiary alicyclic amines) is 1. The number of urea groups is 1. The number of nitrogens with one attached hydrogen (secondary N) is 2. The molecule has 2 heterocycles. The normalized spacial score (nSPS) is 24.1. The summed E-state index contributed by atoms with van der Waals surface area (Å²) in [5.41, 5.74) is 7.07. The number of hydrogen-bond donors (Lipinski definition) is 3. The molecule has 2 amide bonds. The highest BCUT2D eigenvalue weighted by atomic mass is 16.5. The number of carbonyl (C=O) groups is 2. The highest BCUT2D eigenvalue weighted by Gasteiger charge is 2.26. The molecule has 4 N–H and O–H groups in total. The van der Waals surface area contributed by atoms with Gasteiger partial charge in [0.2, 0.25) is 0 Å².